The van der Waals surface area contributed by atoms with Gasteiger partial charge in [0.25, 0.3) is 0 Å². The van der Waals surface area contributed by atoms with E-state index in [1.807, 2.05) is 6.07 Å². The lowest BCUT2D eigenvalue weighted by Crippen LogP contribution is -2.15. The number of benzene rings is 3. The minimum absolute atomic E-state index is 0.00319. The van der Waals surface area contributed by atoms with Crippen LogP contribution in [0.25, 0.3) is 0 Å². The third-order valence-electron chi connectivity index (χ3n) is 5.27. The van der Waals surface area contributed by atoms with E-state index < -0.39 is 34.1 Å². The molecule has 12 heteroatoms. The van der Waals surface area contributed by atoms with Crippen LogP contribution in [0.1, 0.15) is 29.0 Å². The molecule has 3 aromatic rings. The molecule has 1 unspecified atom stereocenters. The van der Waals surface area contributed by atoms with Crippen molar-refractivity contribution in [1.29, 1.82) is 5.26 Å². The Hall–Kier alpha value is -4.14. The average Bonchev–Trinajstić information content (AvgIpc) is 2.85. The number of Topliss-reactive ketones (excluding diaryl/α,β-unsaturated/α-hetero) is 1. The zero-order valence-electron chi connectivity index (χ0n) is 19.8. The maximum Gasteiger partial charge on any atom is 0.416 e. The number of nitro benzene ring substituents is 1. The summed E-state index contributed by atoms with van der Waals surface area (Å²) in [6.45, 7) is 0.0309. The molecule has 0 saturated carbocycles. The van der Waals surface area contributed by atoms with E-state index in [0.717, 1.165) is 29.8 Å². The van der Waals surface area contributed by atoms with Gasteiger partial charge in [-0.15, -0.1) is 0 Å². The fraction of sp³-hybridized carbons (Fsp3) is 0.231. The summed E-state index contributed by atoms with van der Waals surface area (Å²) in [6.07, 6.45) is -4.81. The zero-order valence-corrected chi connectivity index (χ0v) is 20.6. The Bertz CT molecular complexity index is 1370. The molecular formula is C26H20ClF3N2O6. The second-order valence-corrected chi connectivity index (χ2v) is 8.34. The van der Waals surface area contributed by atoms with E-state index in [-0.39, 0.29) is 35.3 Å². The molecule has 8 nitrogen and oxygen atoms in total. The zero-order chi connectivity index (χ0) is 27.9. The molecule has 0 aliphatic rings. The van der Waals surface area contributed by atoms with Gasteiger partial charge in [-0.3, -0.25) is 14.9 Å². The topological polar surface area (TPSA) is 112 Å². The monoisotopic (exact) mass is 548 g/mol. The lowest BCUT2D eigenvalue weighted by atomic mass is 9.93. The molecule has 3 rings (SSSR count). The summed E-state index contributed by atoms with van der Waals surface area (Å²) < 4.78 is 54.6. The van der Waals surface area contributed by atoms with Gasteiger partial charge >= 0.3 is 11.9 Å². The Morgan fingerprint density at radius 3 is 2.53 bits per heavy atom. The van der Waals surface area contributed by atoms with Crippen LogP contribution in [0.4, 0.5) is 18.9 Å². The number of halogens is 4. The fourth-order valence-electron chi connectivity index (χ4n) is 3.48. The Balaban J connectivity index is 1.73. The summed E-state index contributed by atoms with van der Waals surface area (Å²) in [5.74, 6) is -1.86. The summed E-state index contributed by atoms with van der Waals surface area (Å²) in [5, 5.41) is 20.7. The molecule has 198 valence electrons. The summed E-state index contributed by atoms with van der Waals surface area (Å²) >= 11 is 5.91. The van der Waals surface area contributed by atoms with E-state index in [1.165, 1.54) is 13.2 Å². The minimum atomic E-state index is -4.59. The highest BCUT2D eigenvalue weighted by molar-refractivity contribution is 6.32. The molecule has 0 aliphatic carbocycles. The van der Waals surface area contributed by atoms with Crippen LogP contribution in [0, 0.1) is 21.4 Å². The molecular weight excluding hydrogens is 529 g/mol. The largest absolute Gasteiger partial charge is 0.486 e. The standard InChI is InChI=1S/C26H20ClF3N2O6/c1-36-15-16-3-2-4-17(11-16)20(14-31)23(33)9-10-37-25-13-19(6-7-22(25)32(34)35)38-24-8-5-18(12-21(24)27)26(28,29)30/h2-8,11-13,20H,9-10,15H2,1H3. The molecule has 0 aromatic heterocycles. The number of carbonyl (C=O) groups excluding carboxylic acids is 1. The molecule has 0 aliphatic heterocycles. The van der Waals surface area contributed by atoms with E-state index in [2.05, 4.69) is 0 Å². The summed E-state index contributed by atoms with van der Waals surface area (Å²) in [6, 6.07) is 14.8. The van der Waals surface area contributed by atoms with Crippen molar-refractivity contribution in [2.24, 2.45) is 0 Å². The van der Waals surface area contributed by atoms with Gasteiger partial charge in [0.05, 0.1) is 34.8 Å². The number of nitro groups is 1. The third kappa shape index (κ3) is 7.21. The van der Waals surface area contributed by atoms with Gasteiger partial charge in [-0.2, -0.15) is 18.4 Å². The first-order valence-corrected chi connectivity index (χ1v) is 11.4. The van der Waals surface area contributed by atoms with Crippen LogP contribution >= 0.6 is 11.6 Å². The highest BCUT2D eigenvalue weighted by Crippen LogP contribution is 2.38. The van der Waals surface area contributed by atoms with E-state index >= 15 is 0 Å². The number of hydrogen-bond donors (Lipinski definition) is 0. The predicted molar refractivity (Wildman–Crippen MR) is 130 cm³/mol. The molecule has 38 heavy (non-hydrogen) atoms. The smallest absolute Gasteiger partial charge is 0.416 e. The first-order valence-electron chi connectivity index (χ1n) is 11.0. The number of methoxy groups -OCH3 is 1. The van der Waals surface area contributed by atoms with E-state index in [9.17, 15) is 33.3 Å². The van der Waals surface area contributed by atoms with Crippen molar-refractivity contribution in [2.45, 2.75) is 25.1 Å². The number of rotatable bonds is 11. The second kappa shape index (κ2) is 12.4. The van der Waals surface area contributed by atoms with Crippen LogP contribution in [0.3, 0.4) is 0 Å². The fourth-order valence-corrected chi connectivity index (χ4v) is 3.70. The Morgan fingerprint density at radius 1 is 1.13 bits per heavy atom. The van der Waals surface area contributed by atoms with Gasteiger partial charge < -0.3 is 14.2 Å². The molecule has 0 heterocycles. The molecule has 3 aromatic carbocycles. The maximum absolute atomic E-state index is 12.9. The van der Waals surface area contributed by atoms with Crippen LogP contribution in [0.5, 0.6) is 17.2 Å². The number of nitriles is 1. The molecule has 1 atom stereocenters. The maximum atomic E-state index is 12.9. The number of ketones is 1. The summed E-state index contributed by atoms with van der Waals surface area (Å²) in [5.41, 5.74) is -0.113. The van der Waals surface area contributed by atoms with Gasteiger partial charge in [0, 0.05) is 25.7 Å². The van der Waals surface area contributed by atoms with Crippen molar-refractivity contribution in [2.75, 3.05) is 13.7 Å². The third-order valence-corrected chi connectivity index (χ3v) is 5.56. The van der Waals surface area contributed by atoms with E-state index in [4.69, 9.17) is 25.8 Å². The van der Waals surface area contributed by atoms with Gasteiger partial charge in [-0.25, -0.2) is 0 Å². The van der Waals surface area contributed by atoms with Gasteiger partial charge in [-0.1, -0.05) is 35.9 Å². The molecule has 0 saturated heterocycles. The lowest BCUT2D eigenvalue weighted by molar-refractivity contribution is -0.385. The lowest BCUT2D eigenvalue weighted by Gasteiger charge is -2.13. The normalized spacial score (nSPS) is 11.9. The van der Waals surface area contributed by atoms with E-state index in [1.54, 1.807) is 24.3 Å². The summed E-state index contributed by atoms with van der Waals surface area (Å²) in [4.78, 5) is 23.4. The first-order chi connectivity index (χ1) is 18.0. The van der Waals surface area contributed by atoms with Crippen LogP contribution in [0.15, 0.2) is 60.7 Å². The Labute approximate surface area is 220 Å². The molecule has 0 amide bonds. The highest BCUT2D eigenvalue weighted by Gasteiger charge is 2.31. The Kier molecular flexibility index (Phi) is 9.28. The molecule has 0 radical (unpaired) electrons. The van der Waals surface area contributed by atoms with E-state index in [0.29, 0.717) is 18.2 Å². The molecule has 0 spiro atoms. The van der Waals surface area contributed by atoms with Crippen molar-refractivity contribution in [1.82, 2.24) is 0 Å². The molecule has 0 N–H and O–H groups in total. The van der Waals surface area contributed by atoms with Crippen LogP contribution in [0.2, 0.25) is 5.02 Å². The molecule has 0 fully saturated rings. The van der Waals surface area contributed by atoms with Crippen molar-refractivity contribution in [3.8, 4) is 23.3 Å². The highest BCUT2D eigenvalue weighted by atomic mass is 35.5. The van der Waals surface area contributed by atoms with Gasteiger partial charge in [0.15, 0.2) is 5.78 Å². The number of hydrogen-bond acceptors (Lipinski definition) is 7. The van der Waals surface area contributed by atoms with Crippen molar-refractivity contribution >= 4 is 23.1 Å². The number of alkyl halides is 3. The average molecular weight is 549 g/mol. The number of ether oxygens (including phenoxy) is 3. The number of carbonyl (C=O) groups is 1. The van der Waals surface area contributed by atoms with Crippen molar-refractivity contribution < 1.29 is 37.1 Å². The molecule has 0 bridgehead atoms. The quantitative estimate of drug-likeness (QED) is 0.190. The van der Waals surface area contributed by atoms with Crippen molar-refractivity contribution in [3.63, 3.8) is 0 Å². The van der Waals surface area contributed by atoms with Crippen LogP contribution in [-0.2, 0) is 22.3 Å². The number of nitrogens with zero attached hydrogens (tertiary/aromatic N) is 2. The minimum Gasteiger partial charge on any atom is -0.486 e. The summed E-state index contributed by atoms with van der Waals surface area (Å²) in [7, 11) is 1.52. The van der Waals surface area contributed by atoms with Crippen LogP contribution in [-0.4, -0.2) is 24.4 Å². The SMILES string of the molecule is COCc1cccc(C(C#N)C(=O)CCOc2cc(Oc3ccc(C(F)(F)F)cc3Cl)ccc2[N+](=O)[O-])c1. The Morgan fingerprint density at radius 2 is 1.89 bits per heavy atom. The predicted octanol–water partition coefficient (Wildman–Crippen LogP) is 6.85. The van der Waals surface area contributed by atoms with Gasteiger partial charge in [0.2, 0.25) is 5.75 Å². The van der Waals surface area contributed by atoms with Gasteiger partial charge in [0.1, 0.15) is 17.4 Å². The van der Waals surface area contributed by atoms with Crippen LogP contribution < -0.4 is 9.47 Å². The van der Waals surface area contributed by atoms with Gasteiger partial charge in [-0.05, 0) is 35.4 Å². The first kappa shape index (κ1) is 28.4. The van der Waals surface area contributed by atoms with Crippen molar-refractivity contribution in [3.05, 3.63) is 92.5 Å². The second-order valence-electron chi connectivity index (χ2n) is 7.94.